The molecule has 0 N–H and O–H groups in total. The summed E-state index contributed by atoms with van der Waals surface area (Å²) in [6.45, 7) is 0.199. The smallest absolute Gasteiger partial charge is 0.368 e. The number of halogens is 6. The number of hydrogen-bond donors (Lipinski definition) is 0. The molecule has 1 fully saturated rings. The van der Waals surface area contributed by atoms with Gasteiger partial charge in [-0.15, -0.1) is 0 Å². The molecule has 0 radical (unpaired) electrons. The van der Waals surface area contributed by atoms with Crippen LogP contribution in [0.3, 0.4) is 0 Å². The van der Waals surface area contributed by atoms with E-state index in [1.54, 1.807) is 0 Å². The summed E-state index contributed by atoms with van der Waals surface area (Å²) in [7, 11) is 0. The molecule has 1 aromatic carbocycles. The molecule has 0 saturated carbocycles. The van der Waals surface area contributed by atoms with Gasteiger partial charge in [0.1, 0.15) is 6.10 Å². The van der Waals surface area contributed by atoms with E-state index in [0.717, 1.165) is 24.3 Å². The minimum atomic E-state index is -4.66. The van der Waals surface area contributed by atoms with Gasteiger partial charge in [0.05, 0.1) is 17.9 Å². The van der Waals surface area contributed by atoms with Crippen molar-refractivity contribution in [2.24, 2.45) is 0 Å². The second kappa shape index (κ2) is 5.23. The van der Waals surface area contributed by atoms with Gasteiger partial charge >= 0.3 is 12.4 Å². The number of aromatic nitrogens is 1. The zero-order valence-corrected chi connectivity index (χ0v) is 11.4. The summed E-state index contributed by atoms with van der Waals surface area (Å²) >= 11 is 0. The Bertz CT molecular complexity index is 716. The number of nitrogens with zero attached hydrogens (tertiary/aromatic N) is 1. The average Bonchev–Trinajstić information content (AvgIpc) is 3.29. The van der Waals surface area contributed by atoms with Crippen LogP contribution in [0.2, 0.25) is 0 Å². The third-order valence-corrected chi connectivity index (χ3v) is 3.38. The summed E-state index contributed by atoms with van der Waals surface area (Å²) in [5.74, 6) is 0. The minimum Gasteiger partial charge on any atom is -0.368 e. The molecule has 1 aliphatic rings. The third-order valence-electron chi connectivity index (χ3n) is 3.38. The Kier molecular flexibility index (Phi) is 3.59. The number of epoxide rings is 1. The lowest BCUT2D eigenvalue weighted by molar-refractivity contribution is -0.142. The van der Waals surface area contributed by atoms with Gasteiger partial charge in [-0.25, -0.2) is 4.98 Å². The summed E-state index contributed by atoms with van der Waals surface area (Å²) in [5.41, 5.74) is -1.88. The van der Waals surface area contributed by atoms with Crippen LogP contribution in [0.25, 0.3) is 11.3 Å². The SMILES string of the molecule is FC(F)(F)c1ccc(-c2ccc([C@H]3CO3)c(C(F)(F)F)n2)cc1. The molecule has 23 heavy (non-hydrogen) atoms. The van der Waals surface area contributed by atoms with Crippen LogP contribution in [-0.2, 0) is 17.1 Å². The maximum atomic E-state index is 13.1. The number of ether oxygens (including phenoxy) is 1. The molecule has 0 amide bonds. The Hall–Kier alpha value is -2.09. The van der Waals surface area contributed by atoms with Crippen molar-refractivity contribution >= 4 is 0 Å². The number of benzene rings is 1. The van der Waals surface area contributed by atoms with Gasteiger partial charge in [-0.2, -0.15) is 26.3 Å². The number of pyridine rings is 1. The topological polar surface area (TPSA) is 25.4 Å². The van der Waals surface area contributed by atoms with Crippen LogP contribution in [0.15, 0.2) is 36.4 Å². The normalized spacial score (nSPS) is 18.1. The highest BCUT2D eigenvalue weighted by atomic mass is 19.4. The first-order valence-electron chi connectivity index (χ1n) is 6.53. The van der Waals surface area contributed by atoms with Crippen molar-refractivity contribution in [2.45, 2.75) is 18.5 Å². The quantitative estimate of drug-likeness (QED) is 0.579. The van der Waals surface area contributed by atoms with Gasteiger partial charge in [0.25, 0.3) is 0 Å². The van der Waals surface area contributed by atoms with Crippen molar-refractivity contribution in [1.29, 1.82) is 0 Å². The fourth-order valence-corrected chi connectivity index (χ4v) is 2.18. The molecule has 1 saturated heterocycles. The van der Waals surface area contributed by atoms with Crippen LogP contribution in [0.5, 0.6) is 0 Å². The summed E-state index contributed by atoms with van der Waals surface area (Å²) in [6.07, 6.45) is -9.79. The lowest BCUT2D eigenvalue weighted by Crippen LogP contribution is -2.12. The lowest BCUT2D eigenvalue weighted by Gasteiger charge is -2.13. The average molecular weight is 333 g/mol. The largest absolute Gasteiger partial charge is 0.433 e. The first-order valence-corrected chi connectivity index (χ1v) is 6.53. The van der Waals surface area contributed by atoms with Gasteiger partial charge in [0, 0.05) is 11.1 Å². The second-order valence-electron chi connectivity index (χ2n) is 5.03. The van der Waals surface area contributed by atoms with Crippen molar-refractivity contribution < 1.29 is 31.1 Å². The Balaban J connectivity index is 2.00. The van der Waals surface area contributed by atoms with Crippen molar-refractivity contribution in [1.82, 2.24) is 4.98 Å². The summed E-state index contributed by atoms with van der Waals surface area (Å²) in [5, 5.41) is 0. The van der Waals surface area contributed by atoms with E-state index in [0.29, 0.717) is 0 Å². The van der Waals surface area contributed by atoms with E-state index < -0.39 is 29.7 Å². The summed E-state index contributed by atoms with van der Waals surface area (Å²) < 4.78 is 81.7. The molecule has 1 atom stereocenters. The zero-order valence-electron chi connectivity index (χ0n) is 11.4. The Labute approximate surface area is 126 Å². The molecule has 0 unspecified atom stereocenters. The molecule has 2 heterocycles. The predicted octanol–water partition coefficient (Wildman–Crippen LogP) is 4.86. The van der Waals surface area contributed by atoms with E-state index >= 15 is 0 Å². The van der Waals surface area contributed by atoms with Crippen LogP contribution < -0.4 is 0 Å². The van der Waals surface area contributed by atoms with Gasteiger partial charge in [-0.3, -0.25) is 0 Å². The van der Waals surface area contributed by atoms with E-state index in [1.165, 1.54) is 12.1 Å². The standard InChI is InChI=1S/C15H9F6NO/c16-14(17,18)9-3-1-8(2-4-9)11-6-5-10(12-7-23-12)13(22-11)15(19,20)21/h1-6,12H,7H2/t12-/m1/s1. The lowest BCUT2D eigenvalue weighted by atomic mass is 10.0. The van der Waals surface area contributed by atoms with Crippen LogP contribution in [0, 0.1) is 0 Å². The van der Waals surface area contributed by atoms with Gasteiger partial charge in [-0.1, -0.05) is 18.2 Å². The number of alkyl halides is 6. The molecule has 8 heteroatoms. The van der Waals surface area contributed by atoms with Crippen LogP contribution >= 0.6 is 0 Å². The molecule has 0 spiro atoms. The Morgan fingerprint density at radius 3 is 1.96 bits per heavy atom. The molecule has 0 aliphatic carbocycles. The molecule has 1 aliphatic heterocycles. The zero-order chi connectivity index (χ0) is 16.8. The van der Waals surface area contributed by atoms with E-state index in [4.69, 9.17) is 4.74 Å². The molecule has 0 bridgehead atoms. The van der Waals surface area contributed by atoms with Crippen molar-refractivity contribution in [3.63, 3.8) is 0 Å². The predicted molar refractivity (Wildman–Crippen MR) is 68.4 cm³/mol. The van der Waals surface area contributed by atoms with Crippen LogP contribution in [-0.4, -0.2) is 11.6 Å². The van der Waals surface area contributed by atoms with Crippen LogP contribution in [0.4, 0.5) is 26.3 Å². The maximum Gasteiger partial charge on any atom is 0.433 e. The van der Waals surface area contributed by atoms with E-state index in [1.807, 2.05) is 0 Å². The monoisotopic (exact) mass is 333 g/mol. The summed E-state index contributed by atoms with van der Waals surface area (Å²) in [6, 6.07) is 6.40. The molecule has 1 aromatic heterocycles. The minimum absolute atomic E-state index is 0.0459. The van der Waals surface area contributed by atoms with Crippen molar-refractivity contribution in [2.75, 3.05) is 6.61 Å². The second-order valence-corrected chi connectivity index (χ2v) is 5.03. The summed E-state index contributed by atoms with van der Waals surface area (Å²) in [4.78, 5) is 3.58. The molecular formula is C15H9F6NO. The molecular weight excluding hydrogens is 324 g/mol. The first kappa shape index (κ1) is 15.8. The highest BCUT2D eigenvalue weighted by molar-refractivity contribution is 5.60. The highest BCUT2D eigenvalue weighted by Crippen LogP contribution is 2.40. The highest BCUT2D eigenvalue weighted by Gasteiger charge is 2.41. The molecule has 2 nitrogen and oxygen atoms in total. The molecule has 3 rings (SSSR count). The maximum absolute atomic E-state index is 13.1. The number of rotatable bonds is 2. The third kappa shape index (κ3) is 3.31. The van der Waals surface area contributed by atoms with Crippen molar-refractivity contribution in [3.8, 4) is 11.3 Å². The van der Waals surface area contributed by atoms with Crippen LogP contribution in [0.1, 0.15) is 22.9 Å². The van der Waals surface area contributed by atoms with E-state index in [-0.39, 0.29) is 23.4 Å². The molecule has 2 aromatic rings. The van der Waals surface area contributed by atoms with E-state index in [9.17, 15) is 26.3 Å². The Morgan fingerprint density at radius 2 is 1.48 bits per heavy atom. The van der Waals surface area contributed by atoms with E-state index in [2.05, 4.69) is 4.98 Å². The number of hydrogen-bond acceptors (Lipinski definition) is 2. The fraction of sp³-hybridized carbons (Fsp3) is 0.267. The van der Waals surface area contributed by atoms with Gasteiger partial charge < -0.3 is 4.74 Å². The van der Waals surface area contributed by atoms with Gasteiger partial charge in [-0.05, 0) is 18.2 Å². The van der Waals surface area contributed by atoms with Gasteiger partial charge in [0.15, 0.2) is 5.69 Å². The van der Waals surface area contributed by atoms with Gasteiger partial charge in [0.2, 0.25) is 0 Å². The fourth-order valence-electron chi connectivity index (χ4n) is 2.18. The Morgan fingerprint density at radius 1 is 0.870 bits per heavy atom. The van der Waals surface area contributed by atoms with Crippen molar-refractivity contribution in [3.05, 3.63) is 53.2 Å². The molecule has 122 valence electrons. The first-order chi connectivity index (χ1) is 10.7.